The van der Waals surface area contributed by atoms with Crippen LogP contribution in [0, 0.1) is 13.8 Å². The molecular weight excluding hydrogens is 406 g/mol. The molecule has 0 aliphatic rings. The number of aromatic nitrogens is 1. The smallest absolute Gasteiger partial charge is 0.264 e. The Balaban J connectivity index is 1.79. The third-order valence-corrected chi connectivity index (χ3v) is 6.58. The zero-order chi connectivity index (χ0) is 21.9. The van der Waals surface area contributed by atoms with Gasteiger partial charge in [-0.05, 0) is 56.3 Å². The van der Waals surface area contributed by atoms with Crippen molar-refractivity contribution in [1.82, 2.24) is 10.5 Å². The number of sulfonamides is 1. The molecule has 3 aromatic rings. The predicted molar refractivity (Wildman–Crippen MR) is 112 cm³/mol. The van der Waals surface area contributed by atoms with Crippen LogP contribution in [-0.2, 0) is 16.6 Å². The molecule has 1 amide bonds. The van der Waals surface area contributed by atoms with Gasteiger partial charge in [0.25, 0.3) is 15.9 Å². The molecule has 0 fully saturated rings. The molecule has 1 N–H and O–H groups in total. The van der Waals surface area contributed by atoms with Crippen molar-refractivity contribution in [3.63, 3.8) is 0 Å². The second-order valence-electron chi connectivity index (χ2n) is 6.68. The molecular formula is C21H23N3O5S. The maximum absolute atomic E-state index is 13.0. The molecule has 2 aromatic carbocycles. The van der Waals surface area contributed by atoms with Crippen molar-refractivity contribution >= 4 is 21.6 Å². The Labute approximate surface area is 175 Å². The Morgan fingerprint density at radius 2 is 1.87 bits per heavy atom. The highest BCUT2D eigenvalue weighted by molar-refractivity contribution is 7.92. The van der Waals surface area contributed by atoms with E-state index in [1.54, 1.807) is 50.2 Å². The molecule has 0 spiro atoms. The summed E-state index contributed by atoms with van der Waals surface area (Å²) in [6, 6.07) is 12.6. The Morgan fingerprint density at radius 1 is 1.17 bits per heavy atom. The zero-order valence-corrected chi connectivity index (χ0v) is 18.0. The van der Waals surface area contributed by atoms with Gasteiger partial charge in [0.05, 0.1) is 23.4 Å². The average molecular weight is 429 g/mol. The summed E-state index contributed by atoms with van der Waals surface area (Å²) in [5.74, 6) is 0.867. The molecule has 8 nitrogen and oxygen atoms in total. The molecule has 0 unspecified atom stereocenters. The van der Waals surface area contributed by atoms with Gasteiger partial charge in [-0.15, -0.1) is 0 Å². The van der Waals surface area contributed by atoms with Gasteiger partial charge in [-0.3, -0.25) is 9.10 Å². The lowest BCUT2D eigenvalue weighted by atomic mass is 10.2. The maximum Gasteiger partial charge on any atom is 0.264 e. The Bertz CT molecular complexity index is 1130. The van der Waals surface area contributed by atoms with Crippen molar-refractivity contribution in [3.05, 3.63) is 71.1 Å². The lowest BCUT2D eigenvalue weighted by molar-refractivity contribution is 0.0950. The first-order valence-electron chi connectivity index (χ1n) is 9.17. The maximum atomic E-state index is 13.0. The van der Waals surface area contributed by atoms with E-state index in [2.05, 4.69) is 10.5 Å². The SMILES string of the molecule is COc1ccc(N(C)S(=O)(=O)c2cccc(C(=O)NCc3c(C)noc3C)c2)cc1. The van der Waals surface area contributed by atoms with Crippen LogP contribution in [-0.4, -0.2) is 33.6 Å². The van der Waals surface area contributed by atoms with Crippen molar-refractivity contribution < 1.29 is 22.5 Å². The van der Waals surface area contributed by atoms with Crippen LogP contribution >= 0.6 is 0 Å². The minimum atomic E-state index is -3.85. The van der Waals surface area contributed by atoms with E-state index in [0.29, 0.717) is 22.9 Å². The molecule has 0 aliphatic carbocycles. The van der Waals surface area contributed by atoms with E-state index in [1.807, 2.05) is 0 Å². The van der Waals surface area contributed by atoms with Crippen LogP contribution in [0.1, 0.15) is 27.4 Å². The van der Waals surface area contributed by atoms with E-state index in [4.69, 9.17) is 9.26 Å². The number of rotatable bonds is 7. The number of amides is 1. The molecule has 9 heteroatoms. The first-order valence-corrected chi connectivity index (χ1v) is 10.6. The van der Waals surface area contributed by atoms with Gasteiger partial charge in [-0.1, -0.05) is 11.2 Å². The molecule has 0 radical (unpaired) electrons. The average Bonchev–Trinajstić information content (AvgIpc) is 3.08. The normalized spacial score (nSPS) is 11.2. The lowest BCUT2D eigenvalue weighted by Crippen LogP contribution is -2.27. The van der Waals surface area contributed by atoms with E-state index in [9.17, 15) is 13.2 Å². The fraction of sp³-hybridized carbons (Fsp3) is 0.238. The highest BCUT2D eigenvalue weighted by atomic mass is 32.2. The largest absolute Gasteiger partial charge is 0.497 e. The van der Waals surface area contributed by atoms with E-state index in [0.717, 1.165) is 9.87 Å². The number of aryl methyl sites for hydroxylation is 2. The number of ether oxygens (including phenoxy) is 1. The van der Waals surface area contributed by atoms with Gasteiger partial charge < -0.3 is 14.6 Å². The standard InChI is InChI=1S/C21H23N3O5S/c1-14-20(15(2)29-23-14)13-22-21(25)16-6-5-7-19(12-16)30(26,27)24(3)17-8-10-18(28-4)11-9-17/h5-12H,13H2,1-4H3,(H,22,25). The Hall–Kier alpha value is -3.33. The molecule has 158 valence electrons. The molecule has 0 saturated heterocycles. The number of nitrogens with zero attached hydrogens (tertiary/aromatic N) is 2. The molecule has 0 aliphatic heterocycles. The fourth-order valence-corrected chi connectivity index (χ4v) is 4.15. The third kappa shape index (κ3) is 4.30. The van der Waals surface area contributed by atoms with Gasteiger partial charge in [0.15, 0.2) is 0 Å². The summed E-state index contributed by atoms with van der Waals surface area (Å²) >= 11 is 0. The van der Waals surface area contributed by atoms with Crippen molar-refractivity contribution in [2.45, 2.75) is 25.3 Å². The third-order valence-electron chi connectivity index (χ3n) is 4.80. The van der Waals surface area contributed by atoms with Gasteiger partial charge >= 0.3 is 0 Å². The molecule has 0 atom stereocenters. The van der Waals surface area contributed by atoms with Gasteiger partial charge in [-0.2, -0.15) is 0 Å². The van der Waals surface area contributed by atoms with E-state index < -0.39 is 10.0 Å². The molecule has 1 aromatic heterocycles. The van der Waals surface area contributed by atoms with Crippen LogP contribution in [0.5, 0.6) is 5.75 Å². The summed E-state index contributed by atoms with van der Waals surface area (Å²) in [5, 5.41) is 6.63. The number of anilines is 1. The van der Waals surface area contributed by atoms with Crippen LogP contribution in [0.15, 0.2) is 57.9 Å². The summed E-state index contributed by atoms with van der Waals surface area (Å²) in [6.45, 7) is 3.80. The van der Waals surface area contributed by atoms with Crippen molar-refractivity contribution in [2.75, 3.05) is 18.5 Å². The summed E-state index contributed by atoms with van der Waals surface area (Å²) < 4.78 is 37.4. The number of hydrogen-bond acceptors (Lipinski definition) is 6. The number of methoxy groups -OCH3 is 1. The van der Waals surface area contributed by atoms with Gasteiger partial charge in [0, 0.05) is 24.7 Å². The summed E-state index contributed by atoms with van der Waals surface area (Å²) in [4.78, 5) is 12.6. The first kappa shape index (κ1) is 21.4. The second-order valence-corrected chi connectivity index (χ2v) is 8.65. The van der Waals surface area contributed by atoms with Crippen LogP contribution in [0.25, 0.3) is 0 Å². The van der Waals surface area contributed by atoms with E-state index >= 15 is 0 Å². The van der Waals surface area contributed by atoms with Crippen LogP contribution in [0.2, 0.25) is 0 Å². The Kier molecular flexibility index (Phi) is 6.12. The van der Waals surface area contributed by atoms with Crippen LogP contribution in [0.4, 0.5) is 5.69 Å². The second kappa shape index (κ2) is 8.58. The Morgan fingerprint density at radius 3 is 2.47 bits per heavy atom. The molecule has 0 bridgehead atoms. The minimum absolute atomic E-state index is 0.0193. The molecule has 30 heavy (non-hydrogen) atoms. The quantitative estimate of drug-likeness (QED) is 0.619. The first-order chi connectivity index (χ1) is 14.2. The fourth-order valence-electron chi connectivity index (χ4n) is 2.91. The summed E-state index contributed by atoms with van der Waals surface area (Å²) in [6.07, 6.45) is 0. The number of carbonyl (C=O) groups is 1. The monoisotopic (exact) mass is 429 g/mol. The van der Waals surface area contributed by atoms with Crippen molar-refractivity contribution in [2.24, 2.45) is 0 Å². The van der Waals surface area contributed by atoms with Gasteiger partial charge in [-0.25, -0.2) is 8.42 Å². The number of hydrogen-bond donors (Lipinski definition) is 1. The van der Waals surface area contributed by atoms with Gasteiger partial charge in [0.2, 0.25) is 0 Å². The summed E-state index contributed by atoms with van der Waals surface area (Å²) in [7, 11) is -0.853. The number of benzene rings is 2. The van der Waals surface area contributed by atoms with Crippen LogP contribution < -0.4 is 14.4 Å². The molecule has 0 saturated carbocycles. The lowest BCUT2D eigenvalue weighted by Gasteiger charge is -2.20. The van der Waals surface area contributed by atoms with Crippen molar-refractivity contribution in [1.29, 1.82) is 0 Å². The highest BCUT2D eigenvalue weighted by Crippen LogP contribution is 2.24. The number of nitrogens with one attached hydrogen (secondary N) is 1. The minimum Gasteiger partial charge on any atom is -0.497 e. The summed E-state index contributed by atoms with van der Waals surface area (Å²) in [5.41, 5.74) is 2.21. The van der Waals surface area contributed by atoms with E-state index in [-0.39, 0.29) is 22.9 Å². The highest BCUT2D eigenvalue weighted by Gasteiger charge is 2.22. The molecule has 1 heterocycles. The topological polar surface area (TPSA) is 102 Å². The van der Waals surface area contributed by atoms with Crippen molar-refractivity contribution in [3.8, 4) is 5.75 Å². The zero-order valence-electron chi connectivity index (χ0n) is 17.2. The molecule has 3 rings (SSSR count). The number of carbonyl (C=O) groups excluding carboxylic acids is 1. The predicted octanol–water partition coefficient (Wildman–Crippen LogP) is 3.06. The van der Waals surface area contributed by atoms with E-state index in [1.165, 1.54) is 26.3 Å². The van der Waals surface area contributed by atoms with Gasteiger partial charge in [0.1, 0.15) is 11.5 Å². The van der Waals surface area contributed by atoms with Crippen LogP contribution in [0.3, 0.4) is 0 Å².